The van der Waals surface area contributed by atoms with E-state index in [1.165, 1.54) is 0 Å². The lowest BCUT2D eigenvalue weighted by atomic mass is 10.2. The van der Waals surface area contributed by atoms with Gasteiger partial charge in [0.2, 0.25) is 5.91 Å². The molecule has 0 aliphatic rings. The molecule has 0 radical (unpaired) electrons. The van der Waals surface area contributed by atoms with Gasteiger partial charge in [-0.05, 0) is 36.2 Å². The largest absolute Gasteiger partial charge is 0.491 e. The molecule has 0 atom stereocenters. The summed E-state index contributed by atoms with van der Waals surface area (Å²) in [4.78, 5) is 16.3. The minimum atomic E-state index is -3.60. The SMILES string of the molecule is N#Cc1ccc(CS(=O)(=O)CC(=O)NCCCOc2cccc3cccnc23)cc1. The maximum Gasteiger partial charge on any atom is 0.235 e. The van der Waals surface area contributed by atoms with Crippen molar-refractivity contribution in [1.82, 2.24) is 10.3 Å². The fourth-order valence-corrected chi connectivity index (χ4v) is 4.21. The number of ether oxygens (including phenoxy) is 1. The van der Waals surface area contributed by atoms with Crippen molar-refractivity contribution in [2.45, 2.75) is 12.2 Å². The van der Waals surface area contributed by atoms with Crippen molar-refractivity contribution in [2.75, 3.05) is 18.9 Å². The molecule has 1 aromatic heterocycles. The van der Waals surface area contributed by atoms with Crippen molar-refractivity contribution in [3.8, 4) is 11.8 Å². The molecule has 2 aromatic carbocycles. The van der Waals surface area contributed by atoms with Crippen LogP contribution in [0.25, 0.3) is 10.9 Å². The topological polar surface area (TPSA) is 109 Å². The minimum Gasteiger partial charge on any atom is -0.491 e. The summed E-state index contributed by atoms with van der Waals surface area (Å²) >= 11 is 0. The Kier molecular flexibility index (Phi) is 6.99. The van der Waals surface area contributed by atoms with E-state index in [2.05, 4.69) is 10.3 Å². The summed E-state index contributed by atoms with van der Waals surface area (Å²) in [5, 5.41) is 12.4. The molecule has 0 unspecified atom stereocenters. The lowest BCUT2D eigenvalue weighted by Crippen LogP contribution is -2.32. The highest BCUT2D eigenvalue weighted by molar-refractivity contribution is 7.91. The maximum atomic E-state index is 12.2. The molecule has 0 bridgehead atoms. The van der Waals surface area contributed by atoms with Crippen molar-refractivity contribution >= 4 is 26.6 Å². The van der Waals surface area contributed by atoms with E-state index in [0.717, 1.165) is 10.9 Å². The summed E-state index contributed by atoms with van der Waals surface area (Å²) in [7, 11) is -3.60. The van der Waals surface area contributed by atoms with Crippen LogP contribution >= 0.6 is 0 Å². The van der Waals surface area contributed by atoms with Gasteiger partial charge in [0.25, 0.3) is 0 Å². The van der Waals surface area contributed by atoms with Crippen LogP contribution in [0.2, 0.25) is 0 Å². The van der Waals surface area contributed by atoms with Gasteiger partial charge in [-0.15, -0.1) is 0 Å². The Bertz CT molecular complexity index is 1160. The Balaban J connectivity index is 1.41. The number of sulfone groups is 1. The predicted molar refractivity (Wildman–Crippen MR) is 114 cm³/mol. The average molecular weight is 423 g/mol. The summed E-state index contributed by atoms with van der Waals surface area (Å²) in [6.45, 7) is 0.678. The van der Waals surface area contributed by atoms with E-state index in [4.69, 9.17) is 10.00 Å². The second-order valence-corrected chi connectivity index (χ2v) is 8.79. The Morgan fingerprint density at radius 3 is 2.63 bits per heavy atom. The van der Waals surface area contributed by atoms with E-state index in [9.17, 15) is 13.2 Å². The number of para-hydroxylation sites is 1. The van der Waals surface area contributed by atoms with Gasteiger partial charge in [-0.2, -0.15) is 5.26 Å². The molecule has 154 valence electrons. The molecule has 0 fully saturated rings. The normalized spacial score (nSPS) is 11.0. The zero-order valence-electron chi connectivity index (χ0n) is 16.2. The number of pyridine rings is 1. The van der Waals surface area contributed by atoms with Gasteiger partial charge in [-0.25, -0.2) is 8.42 Å². The lowest BCUT2D eigenvalue weighted by Gasteiger charge is -2.09. The molecule has 3 aromatic rings. The van der Waals surface area contributed by atoms with E-state index >= 15 is 0 Å². The standard InChI is InChI=1S/C22H21N3O4S/c23-14-17-7-9-18(10-8-17)15-30(27,28)16-21(26)24-12-3-13-29-20-6-1-4-19-5-2-11-25-22(19)20/h1-2,4-11H,3,12-13,15-16H2,(H,24,26). The number of fused-ring (bicyclic) bond motifs is 1. The first-order valence-electron chi connectivity index (χ1n) is 9.39. The number of carbonyl (C=O) groups is 1. The number of carbonyl (C=O) groups excluding carboxylic acids is 1. The zero-order valence-corrected chi connectivity index (χ0v) is 17.1. The number of hydrogen-bond donors (Lipinski definition) is 1. The van der Waals surface area contributed by atoms with Crippen LogP contribution in [0, 0.1) is 11.3 Å². The highest BCUT2D eigenvalue weighted by Gasteiger charge is 2.17. The molecule has 3 rings (SSSR count). The number of nitrogens with zero attached hydrogens (tertiary/aromatic N) is 2. The van der Waals surface area contributed by atoms with Gasteiger partial charge in [-0.3, -0.25) is 9.78 Å². The van der Waals surface area contributed by atoms with Gasteiger partial charge < -0.3 is 10.1 Å². The minimum absolute atomic E-state index is 0.247. The maximum absolute atomic E-state index is 12.2. The van der Waals surface area contributed by atoms with Crippen LogP contribution < -0.4 is 10.1 Å². The zero-order chi connectivity index (χ0) is 21.4. The van der Waals surface area contributed by atoms with Gasteiger partial charge in [0.05, 0.1) is 24.0 Å². The molecule has 0 aliphatic carbocycles. The van der Waals surface area contributed by atoms with Crippen LogP contribution in [0.15, 0.2) is 60.8 Å². The Morgan fingerprint density at radius 1 is 1.10 bits per heavy atom. The van der Waals surface area contributed by atoms with Crippen LogP contribution in [0.1, 0.15) is 17.5 Å². The number of nitrogens with one attached hydrogen (secondary N) is 1. The second-order valence-electron chi connectivity index (χ2n) is 6.72. The molecular weight excluding hydrogens is 402 g/mol. The number of hydrogen-bond acceptors (Lipinski definition) is 6. The molecule has 1 amide bonds. The number of nitriles is 1. The summed E-state index contributed by atoms with van der Waals surface area (Å²) in [6, 6.07) is 17.7. The smallest absolute Gasteiger partial charge is 0.235 e. The third-order valence-corrected chi connectivity index (χ3v) is 5.79. The average Bonchev–Trinajstić information content (AvgIpc) is 2.73. The van der Waals surface area contributed by atoms with Crippen molar-refractivity contribution < 1.29 is 17.9 Å². The molecule has 0 aliphatic heterocycles. The molecule has 1 heterocycles. The van der Waals surface area contributed by atoms with Gasteiger partial charge in [-0.1, -0.05) is 30.3 Å². The molecule has 30 heavy (non-hydrogen) atoms. The number of amides is 1. The number of benzene rings is 2. The van der Waals surface area contributed by atoms with Gasteiger partial charge in [0.1, 0.15) is 17.0 Å². The predicted octanol–water partition coefficient (Wildman–Crippen LogP) is 2.61. The second kappa shape index (κ2) is 9.85. The molecule has 0 saturated carbocycles. The van der Waals surface area contributed by atoms with E-state index in [-0.39, 0.29) is 5.75 Å². The monoisotopic (exact) mass is 423 g/mol. The van der Waals surface area contributed by atoms with Gasteiger partial charge >= 0.3 is 0 Å². The van der Waals surface area contributed by atoms with Crippen LogP contribution in [0.5, 0.6) is 5.75 Å². The van der Waals surface area contributed by atoms with E-state index < -0.39 is 21.5 Å². The van der Waals surface area contributed by atoms with E-state index in [1.807, 2.05) is 36.4 Å². The first-order chi connectivity index (χ1) is 14.5. The summed E-state index contributed by atoms with van der Waals surface area (Å²) in [5.74, 6) is -0.704. The highest BCUT2D eigenvalue weighted by Crippen LogP contribution is 2.22. The molecule has 7 nitrogen and oxygen atoms in total. The molecule has 1 N–H and O–H groups in total. The Labute approximate surface area is 175 Å². The van der Waals surface area contributed by atoms with Crippen molar-refractivity contribution in [2.24, 2.45) is 0 Å². The third-order valence-electron chi connectivity index (χ3n) is 4.32. The molecule has 0 saturated heterocycles. The van der Waals surface area contributed by atoms with Crippen molar-refractivity contribution in [1.29, 1.82) is 5.26 Å². The van der Waals surface area contributed by atoms with E-state index in [1.54, 1.807) is 30.5 Å². The Morgan fingerprint density at radius 2 is 1.87 bits per heavy atom. The van der Waals surface area contributed by atoms with Gasteiger partial charge in [0.15, 0.2) is 9.84 Å². The van der Waals surface area contributed by atoms with E-state index in [0.29, 0.717) is 36.4 Å². The first kappa shape index (κ1) is 21.3. The molecular formula is C22H21N3O4S. The quantitative estimate of drug-likeness (QED) is 0.530. The number of rotatable bonds is 9. The van der Waals surface area contributed by atoms with Crippen molar-refractivity contribution in [3.05, 3.63) is 71.9 Å². The van der Waals surface area contributed by atoms with Crippen molar-refractivity contribution in [3.63, 3.8) is 0 Å². The number of aromatic nitrogens is 1. The molecule has 0 spiro atoms. The van der Waals surface area contributed by atoms with Crippen LogP contribution in [0.3, 0.4) is 0 Å². The van der Waals surface area contributed by atoms with Crippen LogP contribution in [0.4, 0.5) is 0 Å². The Hall–Kier alpha value is -3.44. The van der Waals surface area contributed by atoms with Crippen LogP contribution in [-0.4, -0.2) is 38.2 Å². The lowest BCUT2D eigenvalue weighted by molar-refractivity contribution is -0.118. The first-order valence-corrected chi connectivity index (χ1v) is 11.2. The molecule has 8 heteroatoms. The summed E-state index contributed by atoms with van der Waals surface area (Å²) in [5.41, 5.74) is 1.77. The highest BCUT2D eigenvalue weighted by atomic mass is 32.2. The summed E-state index contributed by atoms with van der Waals surface area (Å²) < 4.78 is 30.2. The fraction of sp³-hybridized carbons (Fsp3) is 0.227. The van der Waals surface area contributed by atoms with Crippen LogP contribution in [-0.2, 0) is 20.4 Å². The third kappa shape index (κ3) is 6.03. The van der Waals surface area contributed by atoms with Gasteiger partial charge in [0, 0.05) is 18.1 Å². The fourth-order valence-electron chi connectivity index (χ4n) is 2.91. The summed E-state index contributed by atoms with van der Waals surface area (Å²) in [6.07, 6.45) is 2.23.